The van der Waals surface area contributed by atoms with Crippen molar-refractivity contribution in [2.75, 3.05) is 0 Å². The minimum atomic E-state index is -0.520. The zero-order valence-electron chi connectivity index (χ0n) is 6.01. The minimum Gasteiger partial charge on any atom is -0.389 e. The van der Waals surface area contributed by atoms with Crippen LogP contribution in [0.25, 0.3) is 0 Å². The van der Waals surface area contributed by atoms with Crippen LogP contribution in [0.1, 0.15) is 20.8 Å². The third kappa shape index (κ3) is 3.91. The highest BCUT2D eigenvalue weighted by molar-refractivity contribution is 5.92. The number of hydrogen-bond donors (Lipinski definition) is 1. The van der Waals surface area contributed by atoms with Gasteiger partial charge in [-0.1, -0.05) is 6.08 Å². The van der Waals surface area contributed by atoms with Crippen LogP contribution in [0, 0.1) is 0 Å². The summed E-state index contributed by atoms with van der Waals surface area (Å²) in [6, 6.07) is 0. The molecule has 0 aromatic heterocycles. The predicted molar refractivity (Wildman–Crippen MR) is 36.1 cm³/mol. The van der Waals surface area contributed by atoms with Gasteiger partial charge < -0.3 is 5.11 Å². The molecular formula is C7H12O2. The van der Waals surface area contributed by atoms with E-state index in [0.29, 0.717) is 5.57 Å². The van der Waals surface area contributed by atoms with Crippen molar-refractivity contribution in [2.45, 2.75) is 26.9 Å². The molecule has 0 amide bonds. The molecule has 9 heavy (non-hydrogen) atoms. The van der Waals surface area contributed by atoms with E-state index in [2.05, 4.69) is 0 Å². The summed E-state index contributed by atoms with van der Waals surface area (Å²) in [6.07, 6.45) is 1.01. The molecular weight excluding hydrogens is 116 g/mol. The standard InChI is InChI=1S/C7H12O2/c1-5(7(3)9)4-6(2)8/h4,6,8H,1-3H3. The van der Waals surface area contributed by atoms with Gasteiger partial charge in [0.1, 0.15) is 0 Å². The van der Waals surface area contributed by atoms with E-state index in [-0.39, 0.29) is 5.78 Å². The molecule has 52 valence electrons. The van der Waals surface area contributed by atoms with Crippen LogP contribution in [0.5, 0.6) is 0 Å². The molecule has 0 rings (SSSR count). The van der Waals surface area contributed by atoms with Crippen molar-refractivity contribution in [3.05, 3.63) is 11.6 Å². The quantitative estimate of drug-likeness (QED) is 0.561. The van der Waals surface area contributed by atoms with Crippen LogP contribution in [-0.4, -0.2) is 17.0 Å². The summed E-state index contributed by atoms with van der Waals surface area (Å²) < 4.78 is 0. The van der Waals surface area contributed by atoms with Gasteiger partial charge in [0, 0.05) is 0 Å². The molecule has 2 heteroatoms. The van der Waals surface area contributed by atoms with Crippen molar-refractivity contribution in [3.63, 3.8) is 0 Å². The highest BCUT2D eigenvalue weighted by atomic mass is 16.3. The molecule has 1 atom stereocenters. The second-order valence-corrected chi connectivity index (χ2v) is 2.15. The first-order valence-corrected chi connectivity index (χ1v) is 2.91. The molecule has 0 aromatic carbocycles. The maximum atomic E-state index is 10.5. The van der Waals surface area contributed by atoms with Crippen LogP contribution in [0.4, 0.5) is 0 Å². The maximum Gasteiger partial charge on any atom is 0.155 e. The fourth-order valence-corrected chi connectivity index (χ4v) is 0.479. The lowest BCUT2D eigenvalue weighted by Gasteiger charge is -1.96. The monoisotopic (exact) mass is 128 g/mol. The van der Waals surface area contributed by atoms with Gasteiger partial charge >= 0.3 is 0 Å². The number of carbonyl (C=O) groups is 1. The van der Waals surface area contributed by atoms with Gasteiger partial charge in [0.25, 0.3) is 0 Å². The van der Waals surface area contributed by atoms with E-state index >= 15 is 0 Å². The molecule has 0 saturated heterocycles. The smallest absolute Gasteiger partial charge is 0.155 e. The van der Waals surface area contributed by atoms with Gasteiger partial charge in [-0.3, -0.25) is 4.79 Å². The van der Waals surface area contributed by atoms with E-state index in [1.807, 2.05) is 0 Å². The van der Waals surface area contributed by atoms with Crippen LogP contribution >= 0.6 is 0 Å². The average Bonchev–Trinajstić information content (AvgIpc) is 1.63. The summed E-state index contributed by atoms with van der Waals surface area (Å²) in [5.74, 6) is 0.0101. The number of aliphatic hydroxyl groups is 1. The number of ketones is 1. The number of rotatable bonds is 2. The Morgan fingerprint density at radius 2 is 2.00 bits per heavy atom. The van der Waals surface area contributed by atoms with Crippen molar-refractivity contribution in [1.82, 2.24) is 0 Å². The Balaban J connectivity index is 4.00. The van der Waals surface area contributed by atoms with E-state index in [1.54, 1.807) is 13.8 Å². The van der Waals surface area contributed by atoms with Crippen molar-refractivity contribution in [3.8, 4) is 0 Å². The van der Waals surface area contributed by atoms with Crippen LogP contribution in [-0.2, 0) is 4.79 Å². The largest absolute Gasteiger partial charge is 0.389 e. The lowest BCUT2D eigenvalue weighted by Crippen LogP contribution is -1.99. The van der Waals surface area contributed by atoms with Crippen molar-refractivity contribution < 1.29 is 9.90 Å². The number of Topliss-reactive ketones (excluding diaryl/α,β-unsaturated/α-hetero) is 1. The van der Waals surface area contributed by atoms with Crippen LogP contribution in [0.15, 0.2) is 11.6 Å². The average molecular weight is 128 g/mol. The first-order chi connectivity index (χ1) is 4.04. The summed E-state index contributed by atoms with van der Waals surface area (Å²) in [4.78, 5) is 10.5. The zero-order valence-corrected chi connectivity index (χ0v) is 6.01. The predicted octanol–water partition coefficient (Wildman–Crippen LogP) is 0.902. The molecule has 1 unspecified atom stereocenters. The Hall–Kier alpha value is -0.630. The molecule has 0 heterocycles. The van der Waals surface area contributed by atoms with Crippen molar-refractivity contribution in [2.24, 2.45) is 0 Å². The van der Waals surface area contributed by atoms with E-state index in [9.17, 15) is 4.79 Å². The SMILES string of the molecule is CC(=O)C(C)=CC(C)O. The van der Waals surface area contributed by atoms with Crippen molar-refractivity contribution >= 4 is 5.78 Å². The molecule has 0 fully saturated rings. The molecule has 0 aliphatic heterocycles. The first-order valence-electron chi connectivity index (χ1n) is 2.91. The Morgan fingerprint density at radius 1 is 1.56 bits per heavy atom. The summed E-state index contributed by atoms with van der Waals surface area (Å²) >= 11 is 0. The highest BCUT2D eigenvalue weighted by Gasteiger charge is 1.96. The molecule has 0 aliphatic rings. The second kappa shape index (κ2) is 3.41. The van der Waals surface area contributed by atoms with Crippen LogP contribution in [0.2, 0.25) is 0 Å². The Bertz CT molecular complexity index is 134. The van der Waals surface area contributed by atoms with Gasteiger partial charge in [0.05, 0.1) is 6.10 Å². The molecule has 0 aliphatic carbocycles. The fraction of sp³-hybridized carbons (Fsp3) is 0.571. The van der Waals surface area contributed by atoms with Gasteiger partial charge in [-0.25, -0.2) is 0 Å². The third-order valence-corrected chi connectivity index (χ3v) is 1.05. The van der Waals surface area contributed by atoms with Gasteiger partial charge in [0.15, 0.2) is 5.78 Å². The number of carbonyl (C=O) groups excluding carboxylic acids is 1. The topological polar surface area (TPSA) is 37.3 Å². The van der Waals surface area contributed by atoms with E-state index < -0.39 is 6.10 Å². The molecule has 0 radical (unpaired) electrons. The summed E-state index contributed by atoms with van der Waals surface area (Å²) in [7, 11) is 0. The molecule has 1 N–H and O–H groups in total. The summed E-state index contributed by atoms with van der Waals surface area (Å²) in [5.41, 5.74) is 0.616. The van der Waals surface area contributed by atoms with E-state index in [0.717, 1.165) is 0 Å². The maximum absolute atomic E-state index is 10.5. The highest BCUT2D eigenvalue weighted by Crippen LogP contribution is 1.95. The lowest BCUT2D eigenvalue weighted by molar-refractivity contribution is -0.113. The van der Waals surface area contributed by atoms with E-state index in [1.165, 1.54) is 13.0 Å². The van der Waals surface area contributed by atoms with Gasteiger partial charge in [-0.15, -0.1) is 0 Å². The zero-order chi connectivity index (χ0) is 7.44. The number of aliphatic hydroxyl groups excluding tert-OH is 1. The minimum absolute atomic E-state index is 0.0101. The lowest BCUT2D eigenvalue weighted by atomic mass is 10.2. The third-order valence-electron chi connectivity index (χ3n) is 1.05. The number of hydrogen-bond acceptors (Lipinski definition) is 2. The first kappa shape index (κ1) is 8.37. The Kier molecular flexibility index (Phi) is 3.17. The van der Waals surface area contributed by atoms with Crippen LogP contribution < -0.4 is 0 Å². The van der Waals surface area contributed by atoms with Gasteiger partial charge in [-0.2, -0.15) is 0 Å². The van der Waals surface area contributed by atoms with Gasteiger partial charge in [0.2, 0.25) is 0 Å². The Morgan fingerprint density at radius 3 is 2.11 bits per heavy atom. The van der Waals surface area contributed by atoms with Gasteiger partial charge in [-0.05, 0) is 26.3 Å². The second-order valence-electron chi connectivity index (χ2n) is 2.15. The van der Waals surface area contributed by atoms with Crippen molar-refractivity contribution in [1.29, 1.82) is 0 Å². The Labute approximate surface area is 55.2 Å². The summed E-state index contributed by atoms with van der Waals surface area (Å²) in [5, 5.41) is 8.74. The molecule has 0 bridgehead atoms. The molecule has 0 saturated carbocycles. The summed E-state index contributed by atoms with van der Waals surface area (Å²) in [6.45, 7) is 4.79. The van der Waals surface area contributed by atoms with Crippen LogP contribution in [0.3, 0.4) is 0 Å². The molecule has 0 aromatic rings. The number of allylic oxidation sites excluding steroid dienone is 1. The van der Waals surface area contributed by atoms with E-state index in [4.69, 9.17) is 5.11 Å². The molecule has 2 nitrogen and oxygen atoms in total. The normalized spacial score (nSPS) is 15.3. The molecule has 0 spiro atoms. The fourth-order valence-electron chi connectivity index (χ4n) is 0.479.